The first-order valence-corrected chi connectivity index (χ1v) is 7.27. The number of pyridine rings is 1. The van der Waals surface area contributed by atoms with Gasteiger partial charge in [0.25, 0.3) is 0 Å². The number of halogens is 2. The molecule has 0 saturated heterocycles. The molecular formula is C17H19F2NO. The summed E-state index contributed by atoms with van der Waals surface area (Å²) in [6.45, 7) is 2.16. The van der Waals surface area contributed by atoms with Crippen molar-refractivity contribution in [2.75, 3.05) is 0 Å². The van der Waals surface area contributed by atoms with Crippen LogP contribution < -0.4 is 4.74 Å². The highest BCUT2D eigenvalue weighted by atomic mass is 19.1. The van der Waals surface area contributed by atoms with Crippen LogP contribution in [-0.4, -0.2) is 4.98 Å². The minimum atomic E-state index is -0.724. The zero-order chi connectivity index (χ0) is 15.1. The topological polar surface area (TPSA) is 22.1 Å². The average Bonchev–Trinajstić information content (AvgIpc) is 2.48. The van der Waals surface area contributed by atoms with Crippen LogP contribution in [0.5, 0.6) is 11.6 Å². The summed E-state index contributed by atoms with van der Waals surface area (Å²) >= 11 is 0. The van der Waals surface area contributed by atoms with E-state index in [2.05, 4.69) is 11.9 Å². The molecule has 0 aliphatic carbocycles. The average molecular weight is 291 g/mol. The van der Waals surface area contributed by atoms with E-state index in [9.17, 15) is 8.78 Å². The number of unbranched alkanes of at least 4 members (excludes halogenated alkanes) is 3. The smallest absolute Gasteiger partial charge is 0.222 e. The van der Waals surface area contributed by atoms with E-state index in [-0.39, 0.29) is 5.75 Å². The first-order chi connectivity index (χ1) is 10.2. The van der Waals surface area contributed by atoms with Crippen LogP contribution in [0, 0.1) is 11.6 Å². The van der Waals surface area contributed by atoms with E-state index in [4.69, 9.17) is 4.74 Å². The van der Waals surface area contributed by atoms with E-state index in [1.54, 1.807) is 6.20 Å². The molecule has 0 spiro atoms. The Morgan fingerprint density at radius 3 is 2.71 bits per heavy atom. The van der Waals surface area contributed by atoms with Gasteiger partial charge in [-0.15, -0.1) is 0 Å². The van der Waals surface area contributed by atoms with Crippen LogP contribution in [0.1, 0.15) is 38.2 Å². The van der Waals surface area contributed by atoms with Crippen LogP contribution in [0.25, 0.3) is 0 Å². The van der Waals surface area contributed by atoms with Gasteiger partial charge in [-0.2, -0.15) is 0 Å². The molecule has 0 atom stereocenters. The molecule has 0 N–H and O–H groups in total. The zero-order valence-corrected chi connectivity index (χ0v) is 12.1. The van der Waals surface area contributed by atoms with Gasteiger partial charge in [-0.1, -0.05) is 32.3 Å². The van der Waals surface area contributed by atoms with Crippen molar-refractivity contribution in [3.8, 4) is 11.6 Å². The number of benzene rings is 1. The summed E-state index contributed by atoms with van der Waals surface area (Å²) in [7, 11) is 0. The lowest BCUT2D eigenvalue weighted by molar-refractivity contribution is 0.418. The van der Waals surface area contributed by atoms with Crippen molar-refractivity contribution in [1.29, 1.82) is 0 Å². The molecule has 0 saturated carbocycles. The van der Waals surface area contributed by atoms with Gasteiger partial charge in [-0.3, -0.25) is 0 Å². The predicted octanol–water partition coefficient (Wildman–Crippen LogP) is 5.27. The molecule has 0 bridgehead atoms. The minimum Gasteiger partial charge on any atom is -0.436 e. The van der Waals surface area contributed by atoms with Crippen LogP contribution in [0.15, 0.2) is 36.5 Å². The molecule has 2 aromatic rings. The predicted molar refractivity (Wildman–Crippen MR) is 78.5 cm³/mol. The van der Waals surface area contributed by atoms with Crippen molar-refractivity contribution < 1.29 is 13.5 Å². The molecule has 0 fully saturated rings. The summed E-state index contributed by atoms with van der Waals surface area (Å²) in [5.74, 6) is -0.970. The van der Waals surface area contributed by atoms with Gasteiger partial charge in [-0.25, -0.2) is 13.8 Å². The molecule has 112 valence electrons. The van der Waals surface area contributed by atoms with Crippen LogP contribution in [-0.2, 0) is 6.42 Å². The normalized spacial score (nSPS) is 10.6. The van der Waals surface area contributed by atoms with Gasteiger partial charge in [0.05, 0.1) is 0 Å². The summed E-state index contributed by atoms with van der Waals surface area (Å²) in [5, 5.41) is 0. The minimum absolute atomic E-state index is 0.00934. The first-order valence-electron chi connectivity index (χ1n) is 7.27. The molecule has 0 amide bonds. The SMILES string of the molecule is CCCCCCc1cccnc1Oc1ccc(F)cc1F. The summed E-state index contributed by atoms with van der Waals surface area (Å²) in [4.78, 5) is 4.15. The highest BCUT2D eigenvalue weighted by molar-refractivity contribution is 5.33. The maximum absolute atomic E-state index is 13.6. The zero-order valence-electron chi connectivity index (χ0n) is 12.1. The monoisotopic (exact) mass is 291 g/mol. The molecule has 1 heterocycles. The van der Waals surface area contributed by atoms with Crippen molar-refractivity contribution in [2.45, 2.75) is 39.0 Å². The Labute approximate surface area is 123 Å². The van der Waals surface area contributed by atoms with Crippen molar-refractivity contribution in [3.63, 3.8) is 0 Å². The van der Waals surface area contributed by atoms with Crippen LogP contribution >= 0.6 is 0 Å². The Balaban J connectivity index is 2.08. The van der Waals surface area contributed by atoms with E-state index < -0.39 is 11.6 Å². The molecule has 2 rings (SSSR count). The second-order valence-electron chi connectivity index (χ2n) is 4.96. The van der Waals surface area contributed by atoms with Crippen molar-refractivity contribution in [2.24, 2.45) is 0 Å². The third kappa shape index (κ3) is 4.52. The van der Waals surface area contributed by atoms with E-state index in [1.807, 2.05) is 12.1 Å². The number of hydrogen-bond donors (Lipinski definition) is 0. The van der Waals surface area contributed by atoms with Gasteiger partial charge in [0.2, 0.25) is 5.88 Å². The van der Waals surface area contributed by atoms with Gasteiger partial charge >= 0.3 is 0 Å². The Morgan fingerprint density at radius 2 is 1.95 bits per heavy atom. The van der Waals surface area contributed by atoms with Crippen molar-refractivity contribution in [3.05, 3.63) is 53.7 Å². The van der Waals surface area contributed by atoms with E-state index >= 15 is 0 Å². The van der Waals surface area contributed by atoms with E-state index in [0.717, 1.165) is 30.9 Å². The summed E-state index contributed by atoms with van der Waals surface area (Å²) in [6.07, 6.45) is 7.01. The number of aryl methyl sites for hydroxylation is 1. The van der Waals surface area contributed by atoms with Crippen molar-refractivity contribution in [1.82, 2.24) is 4.98 Å². The quantitative estimate of drug-likeness (QED) is 0.648. The Kier molecular flexibility index (Phi) is 5.67. The highest BCUT2D eigenvalue weighted by Gasteiger charge is 2.10. The number of rotatable bonds is 7. The number of hydrogen-bond acceptors (Lipinski definition) is 2. The van der Waals surface area contributed by atoms with Gasteiger partial charge in [0.15, 0.2) is 11.6 Å². The maximum atomic E-state index is 13.6. The lowest BCUT2D eigenvalue weighted by Crippen LogP contribution is -1.97. The number of ether oxygens (including phenoxy) is 1. The molecule has 0 aliphatic rings. The highest BCUT2D eigenvalue weighted by Crippen LogP contribution is 2.27. The van der Waals surface area contributed by atoms with Gasteiger partial charge < -0.3 is 4.74 Å². The molecular weight excluding hydrogens is 272 g/mol. The van der Waals surface area contributed by atoms with E-state index in [1.165, 1.54) is 25.0 Å². The summed E-state index contributed by atoms with van der Waals surface area (Å²) in [5.41, 5.74) is 0.942. The molecule has 0 unspecified atom stereocenters. The van der Waals surface area contributed by atoms with Crippen LogP contribution in [0.2, 0.25) is 0 Å². The van der Waals surface area contributed by atoms with Gasteiger partial charge in [0, 0.05) is 17.8 Å². The number of nitrogens with zero attached hydrogens (tertiary/aromatic N) is 1. The first kappa shape index (κ1) is 15.4. The van der Waals surface area contributed by atoms with Crippen LogP contribution in [0.4, 0.5) is 8.78 Å². The van der Waals surface area contributed by atoms with Gasteiger partial charge in [-0.05, 0) is 31.0 Å². The molecule has 21 heavy (non-hydrogen) atoms. The molecule has 4 heteroatoms. The number of aromatic nitrogens is 1. The second kappa shape index (κ2) is 7.72. The summed E-state index contributed by atoms with van der Waals surface area (Å²) < 4.78 is 32.0. The third-order valence-corrected chi connectivity index (χ3v) is 3.25. The second-order valence-corrected chi connectivity index (χ2v) is 4.96. The standard InChI is InChI=1S/C17H19F2NO/c1-2-3-4-5-7-13-8-6-11-20-17(13)21-16-10-9-14(18)12-15(16)19/h6,8-12H,2-5,7H2,1H3. The third-order valence-electron chi connectivity index (χ3n) is 3.25. The fourth-order valence-corrected chi connectivity index (χ4v) is 2.11. The summed E-state index contributed by atoms with van der Waals surface area (Å²) in [6, 6.07) is 7.01. The van der Waals surface area contributed by atoms with Gasteiger partial charge in [0.1, 0.15) is 5.82 Å². The fraction of sp³-hybridized carbons (Fsp3) is 0.353. The molecule has 1 aromatic heterocycles. The largest absolute Gasteiger partial charge is 0.436 e. The molecule has 2 nitrogen and oxygen atoms in total. The molecule has 0 radical (unpaired) electrons. The van der Waals surface area contributed by atoms with E-state index in [0.29, 0.717) is 5.88 Å². The Hall–Kier alpha value is -1.97. The maximum Gasteiger partial charge on any atom is 0.222 e. The molecule has 1 aromatic carbocycles. The lowest BCUT2D eigenvalue weighted by Gasteiger charge is -2.10. The Bertz CT molecular complexity index is 587. The lowest BCUT2D eigenvalue weighted by atomic mass is 10.1. The van der Waals surface area contributed by atoms with Crippen molar-refractivity contribution >= 4 is 0 Å². The molecule has 0 aliphatic heterocycles. The van der Waals surface area contributed by atoms with Crippen LogP contribution in [0.3, 0.4) is 0 Å². The fourth-order valence-electron chi connectivity index (χ4n) is 2.11. The Morgan fingerprint density at radius 1 is 1.10 bits per heavy atom.